The molecule has 138 valence electrons. The molecule has 0 fully saturated rings. The van der Waals surface area contributed by atoms with Crippen molar-refractivity contribution in [1.29, 1.82) is 0 Å². The minimum absolute atomic E-state index is 0.0145. The average molecular weight is 380 g/mol. The number of fused-ring (bicyclic) bond motifs is 1. The summed E-state index contributed by atoms with van der Waals surface area (Å²) in [7, 11) is 0. The third kappa shape index (κ3) is 3.40. The number of pyridine rings is 1. The van der Waals surface area contributed by atoms with Gasteiger partial charge < -0.3 is 4.98 Å². The monoisotopic (exact) mass is 380 g/mol. The van der Waals surface area contributed by atoms with Crippen molar-refractivity contribution in [2.24, 2.45) is 0 Å². The van der Waals surface area contributed by atoms with Crippen LogP contribution >= 0.6 is 11.3 Å². The summed E-state index contributed by atoms with van der Waals surface area (Å²) in [6, 6.07) is 5.04. The maximum Gasteiger partial charge on any atom is 0.443 e. The molecule has 3 rings (SSSR count). The lowest BCUT2D eigenvalue weighted by Gasteiger charge is -2.15. The van der Waals surface area contributed by atoms with E-state index in [1.54, 1.807) is 25.1 Å². The molecule has 0 saturated carbocycles. The van der Waals surface area contributed by atoms with Crippen LogP contribution in [0.4, 0.5) is 13.2 Å². The minimum Gasteiger partial charge on any atom is -0.362 e. The van der Waals surface area contributed by atoms with Crippen LogP contribution in [0.2, 0.25) is 0 Å². The van der Waals surface area contributed by atoms with Crippen molar-refractivity contribution in [3.63, 3.8) is 0 Å². The summed E-state index contributed by atoms with van der Waals surface area (Å²) in [5.74, 6) is 0.136. The third-order valence-corrected chi connectivity index (χ3v) is 5.56. The van der Waals surface area contributed by atoms with Crippen molar-refractivity contribution in [3.8, 4) is 0 Å². The Morgan fingerprint density at radius 3 is 2.54 bits per heavy atom. The summed E-state index contributed by atoms with van der Waals surface area (Å²) in [6.07, 6.45) is -4.08. The first-order chi connectivity index (χ1) is 12.1. The van der Waals surface area contributed by atoms with E-state index in [4.69, 9.17) is 0 Å². The number of aryl methyl sites for hydroxylation is 1. The number of nitrogens with one attached hydrogen (secondary N) is 1. The molecule has 3 aromatic rings. The van der Waals surface area contributed by atoms with Crippen molar-refractivity contribution < 1.29 is 13.2 Å². The second-order valence-corrected chi connectivity index (χ2v) is 7.78. The molecular weight excluding hydrogens is 361 g/mol. The van der Waals surface area contributed by atoms with Crippen LogP contribution in [0.5, 0.6) is 0 Å². The van der Waals surface area contributed by atoms with Crippen molar-refractivity contribution in [1.82, 2.24) is 9.97 Å². The van der Waals surface area contributed by atoms with Gasteiger partial charge in [0.15, 0.2) is 10.4 Å². The number of rotatable bonds is 3. The molecule has 1 N–H and O–H groups in total. The molecule has 0 bridgehead atoms. The molecule has 2 heterocycles. The number of nitrogens with zero attached hydrogens (tertiary/aromatic N) is 1. The summed E-state index contributed by atoms with van der Waals surface area (Å²) in [5.41, 5.74) is 4.10. The molecule has 1 aromatic carbocycles. The number of aromatic nitrogens is 2. The quantitative estimate of drug-likeness (QED) is 0.667. The van der Waals surface area contributed by atoms with Crippen LogP contribution in [0.3, 0.4) is 0 Å². The molecule has 0 amide bonds. The fourth-order valence-electron chi connectivity index (χ4n) is 2.97. The largest absolute Gasteiger partial charge is 0.443 e. The standard InChI is InChI=1S/C19H19F3N2OS/c1-9(2)16-13(17(25)10(3)11(4)23-16)7-12-5-6-15-14(8-12)24-18(26-15)19(20,21)22/h5-6,8-9H,7H2,1-4H3,(H,23,25). The van der Waals surface area contributed by atoms with Crippen molar-refractivity contribution in [2.45, 2.75) is 46.2 Å². The van der Waals surface area contributed by atoms with Gasteiger partial charge in [-0.25, -0.2) is 4.98 Å². The summed E-state index contributed by atoms with van der Waals surface area (Å²) >= 11 is 0.631. The van der Waals surface area contributed by atoms with Gasteiger partial charge in [0.1, 0.15) is 0 Å². The molecule has 0 aliphatic carbocycles. The molecule has 0 saturated heterocycles. The van der Waals surface area contributed by atoms with Gasteiger partial charge in [0.05, 0.1) is 10.2 Å². The lowest BCUT2D eigenvalue weighted by molar-refractivity contribution is -0.137. The van der Waals surface area contributed by atoms with Crippen LogP contribution < -0.4 is 5.43 Å². The maximum atomic E-state index is 12.9. The SMILES string of the molecule is Cc1[nH]c(C(C)C)c(Cc2ccc3sc(C(F)(F)F)nc3c2)c(=O)c1C. The van der Waals surface area contributed by atoms with Gasteiger partial charge in [0.2, 0.25) is 0 Å². The highest BCUT2D eigenvalue weighted by atomic mass is 32.1. The van der Waals surface area contributed by atoms with E-state index in [0.717, 1.165) is 17.0 Å². The maximum absolute atomic E-state index is 12.9. The van der Waals surface area contributed by atoms with Gasteiger partial charge in [-0.2, -0.15) is 13.2 Å². The highest BCUT2D eigenvalue weighted by molar-refractivity contribution is 7.18. The van der Waals surface area contributed by atoms with Crippen LogP contribution in [0.25, 0.3) is 10.2 Å². The molecule has 0 aliphatic rings. The van der Waals surface area contributed by atoms with E-state index in [-0.39, 0.29) is 11.3 Å². The average Bonchev–Trinajstić information content (AvgIpc) is 2.98. The molecule has 0 aliphatic heterocycles. The zero-order chi connectivity index (χ0) is 19.2. The number of benzene rings is 1. The Bertz CT molecular complexity index is 1030. The van der Waals surface area contributed by atoms with E-state index in [1.807, 2.05) is 20.8 Å². The molecule has 0 spiro atoms. The lowest BCUT2D eigenvalue weighted by Crippen LogP contribution is -2.20. The fraction of sp³-hybridized carbons (Fsp3) is 0.368. The van der Waals surface area contributed by atoms with Gasteiger partial charge in [0, 0.05) is 28.9 Å². The normalized spacial score (nSPS) is 12.3. The highest BCUT2D eigenvalue weighted by Crippen LogP contribution is 2.35. The number of halogens is 3. The molecule has 2 aromatic heterocycles. The van der Waals surface area contributed by atoms with E-state index < -0.39 is 11.2 Å². The Balaban J connectivity index is 2.07. The second-order valence-electron chi connectivity index (χ2n) is 6.75. The van der Waals surface area contributed by atoms with Gasteiger partial charge in [-0.15, -0.1) is 11.3 Å². The smallest absolute Gasteiger partial charge is 0.362 e. The molecule has 7 heteroatoms. The molecule has 3 nitrogen and oxygen atoms in total. The highest BCUT2D eigenvalue weighted by Gasteiger charge is 2.34. The van der Waals surface area contributed by atoms with Crippen LogP contribution in [0.1, 0.15) is 52.9 Å². The lowest BCUT2D eigenvalue weighted by atomic mass is 9.95. The number of hydrogen-bond acceptors (Lipinski definition) is 3. The first-order valence-corrected chi connectivity index (χ1v) is 9.08. The fourth-order valence-corrected chi connectivity index (χ4v) is 3.78. The Morgan fingerprint density at radius 2 is 1.92 bits per heavy atom. The number of H-pyrrole nitrogens is 1. The van der Waals surface area contributed by atoms with E-state index in [2.05, 4.69) is 9.97 Å². The van der Waals surface area contributed by atoms with E-state index in [1.165, 1.54) is 0 Å². The van der Waals surface area contributed by atoms with Gasteiger partial charge in [-0.05, 0) is 37.5 Å². The van der Waals surface area contributed by atoms with Crippen molar-refractivity contribution in [2.75, 3.05) is 0 Å². The Morgan fingerprint density at radius 1 is 1.23 bits per heavy atom. The zero-order valence-corrected chi connectivity index (χ0v) is 15.7. The topological polar surface area (TPSA) is 45.8 Å². The summed E-state index contributed by atoms with van der Waals surface area (Å²) in [5, 5.41) is -0.850. The van der Waals surface area contributed by atoms with Crippen LogP contribution in [-0.2, 0) is 12.6 Å². The summed E-state index contributed by atoms with van der Waals surface area (Å²) in [4.78, 5) is 19.7. The second kappa shape index (κ2) is 6.54. The van der Waals surface area contributed by atoms with E-state index in [9.17, 15) is 18.0 Å². The van der Waals surface area contributed by atoms with Crippen molar-refractivity contribution in [3.05, 3.63) is 61.5 Å². The number of hydrogen-bond donors (Lipinski definition) is 1. The van der Waals surface area contributed by atoms with Gasteiger partial charge in [0.25, 0.3) is 0 Å². The molecule has 0 radical (unpaired) electrons. The molecule has 0 atom stereocenters. The minimum atomic E-state index is -4.44. The predicted molar refractivity (Wildman–Crippen MR) is 98.1 cm³/mol. The number of thiazole rings is 1. The molecular formula is C19H19F3N2OS. The first kappa shape index (κ1) is 18.6. The molecule has 26 heavy (non-hydrogen) atoms. The van der Waals surface area contributed by atoms with E-state index >= 15 is 0 Å². The number of aromatic amines is 1. The van der Waals surface area contributed by atoms with Gasteiger partial charge in [-0.3, -0.25) is 4.79 Å². The predicted octanol–water partition coefficient (Wildman–Crippen LogP) is 5.33. The molecule has 0 unspecified atom stereocenters. The van der Waals surface area contributed by atoms with Crippen LogP contribution in [0.15, 0.2) is 23.0 Å². The Kier molecular flexibility index (Phi) is 4.69. The summed E-state index contributed by atoms with van der Waals surface area (Å²) in [6.45, 7) is 7.65. The Labute approximate surface area is 152 Å². The summed E-state index contributed by atoms with van der Waals surface area (Å²) < 4.78 is 39.0. The Hall–Kier alpha value is -2.15. The first-order valence-electron chi connectivity index (χ1n) is 8.27. The number of alkyl halides is 3. The van der Waals surface area contributed by atoms with Crippen molar-refractivity contribution >= 4 is 21.6 Å². The zero-order valence-electron chi connectivity index (χ0n) is 14.9. The van der Waals surface area contributed by atoms with Gasteiger partial charge >= 0.3 is 6.18 Å². The van der Waals surface area contributed by atoms with Crippen LogP contribution in [0, 0.1) is 13.8 Å². The van der Waals surface area contributed by atoms with Gasteiger partial charge in [-0.1, -0.05) is 19.9 Å². The van der Waals surface area contributed by atoms with E-state index in [0.29, 0.717) is 39.1 Å². The van der Waals surface area contributed by atoms with Crippen LogP contribution in [-0.4, -0.2) is 9.97 Å². The third-order valence-electron chi connectivity index (χ3n) is 4.48.